The number of nitrogens with two attached hydrogens (primary N) is 1. The second kappa shape index (κ2) is 5.29. The fourth-order valence-corrected chi connectivity index (χ4v) is 1.72. The highest BCUT2D eigenvalue weighted by Gasteiger charge is 2.00. The molecule has 0 aliphatic carbocycles. The third kappa shape index (κ3) is 2.38. The third-order valence-electron chi connectivity index (χ3n) is 2.48. The van der Waals surface area contributed by atoms with Crippen molar-refractivity contribution < 1.29 is 0 Å². The van der Waals surface area contributed by atoms with E-state index < -0.39 is 0 Å². The molecule has 2 rings (SSSR count). The molecular weight excluding hydrogens is 194 g/mol. The summed E-state index contributed by atoms with van der Waals surface area (Å²) in [6, 6.07) is 18.7. The monoisotopic (exact) mass is 209 g/mol. The average molecular weight is 209 g/mol. The SMILES string of the molecule is NC/C=C/c1ccccc1-c1ccccc1. The molecule has 0 saturated carbocycles. The van der Waals surface area contributed by atoms with Crippen molar-refractivity contribution in [3.8, 4) is 11.1 Å². The standard InChI is InChI=1S/C15H15N/c16-12-6-10-14-9-4-5-11-15(14)13-7-2-1-3-8-13/h1-11H,12,16H2/b10-6+. The molecule has 0 spiro atoms. The van der Waals surface area contributed by atoms with Crippen LogP contribution in [-0.4, -0.2) is 6.54 Å². The van der Waals surface area contributed by atoms with Crippen LogP contribution in [-0.2, 0) is 0 Å². The summed E-state index contributed by atoms with van der Waals surface area (Å²) in [5, 5.41) is 0. The van der Waals surface area contributed by atoms with Gasteiger partial charge in [-0.3, -0.25) is 0 Å². The molecule has 0 aliphatic rings. The molecule has 0 fully saturated rings. The van der Waals surface area contributed by atoms with Gasteiger partial charge in [-0.15, -0.1) is 0 Å². The van der Waals surface area contributed by atoms with Gasteiger partial charge in [-0.1, -0.05) is 66.7 Å². The Balaban J connectivity index is 2.45. The Morgan fingerprint density at radius 2 is 1.56 bits per heavy atom. The Labute approximate surface area is 96.2 Å². The molecule has 16 heavy (non-hydrogen) atoms. The lowest BCUT2D eigenvalue weighted by molar-refractivity contribution is 1.26. The van der Waals surface area contributed by atoms with E-state index in [0.717, 1.165) is 0 Å². The van der Waals surface area contributed by atoms with Crippen LogP contribution in [0.15, 0.2) is 60.7 Å². The van der Waals surface area contributed by atoms with E-state index in [9.17, 15) is 0 Å². The summed E-state index contributed by atoms with van der Waals surface area (Å²) in [5.41, 5.74) is 9.17. The van der Waals surface area contributed by atoms with Crippen LogP contribution in [0.5, 0.6) is 0 Å². The lowest BCUT2D eigenvalue weighted by Crippen LogP contribution is -1.92. The first-order valence-corrected chi connectivity index (χ1v) is 5.43. The van der Waals surface area contributed by atoms with E-state index in [4.69, 9.17) is 5.73 Å². The van der Waals surface area contributed by atoms with Gasteiger partial charge >= 0.3 is 0 Å². The molecule has 1 heteroatoms. The minimum Gasteiger partial charge on any atom is -0.327 e. The van der Waals surface area contributed by atoms with Crippen molar-refractivity contribution in [2.45, 2.75) is 0 Å². The zero-order valence-corrected chi connectivity index (χ0v) is 9.14. The summed E-state index contributed by atoms with van der Waals surface area (Å²) in [7, 11) is 0. The number of benzene rings is 2. The second-order valence-corrected chi connectivity index (χ2v) is 3.59. The normalized spacial score (nSPS) is 10.8. The van der Waals surface area contributed by atoms with Gasteiger partial charge in [-0.2, -0.15) is 0 Å². The van der Waals surface area contributed by atoms with Gasteiger partial charge in [0.05, 0.1) is 0 Å². The van der Waals surface area contributed by atoms with Crippen molar-refractivity contribution >= 4 is 6.08 Å². The van der Waals surface area contributed by atoms with Gasteiger partial charge in [0.1, 0.15) is 0 Å². The molecule has 0 aromatic heterocycles. The summed E-state index contributed by atoms with van der Waals surface area (Å²) in [6.07, 6.45) is 4.05. The Hall–Kier alpha value is -1.86. The maximum atomic E-state index is 5.48. The van der Waals surface area contributed by atoms with E-state index in [1.165, 1.54) is 16.7 Å². The van der Waals surface area contributed by atoms with Crippen LogP contribution in [0.25, 0.3) is 17.2 Å². The molecule has 0 atom stereocenters. The molecule has 0 aliphatic heterocycles. The molecule has 2 aromatic rings. The topological polar surface area (TPSA) is 26.0 Å². The van der Waals surface area contributed by atoms with Gasteiger partial charge in [0.2, 0.25) is 0 Å². The number of rotatable bonds is 3. The Morgan fingerprint density at radius 1 is 0.875 bits per heavy atom. The van der Waals surface area contributed by atoms with E-state index in [1.54, 1.807) is 0 Å². The van der Waals surface area contributed by atoms with Crippen molar-refractivity contribution in [1.29, 1.82) is 0 Å². The molecule has 0 saturated heterocycles. The predicted octanol–water partition coefficient (Wildman–Crippen LogP) is 3.33. The van der Waals surface area contributed by atoms with Gasteiger partial charge in [-0.25, -0.2) is 0 Å². The van der Waals surface area contributed by atoms with Crippen LogP contribution in [0.1, 0.15) is 5.56 Å². The maximum Gasteiger partial charge on any atom is 0.0110 e. The van der Waals surface area contributed by atoms with E-state index >= 15 is 0 Å². The highest BCUT2D eigenvalue weighted by molar-refractivity contribution is 5.75. The lowest BCUT2D eigenvalue weighted by Gasteiger charge is -2.05. The van der Waals surface area contributed by atoms with Gasteiger partial charge in [-0.05, 0) is 16.7 Å². The van der Waals surface area contributed by atoms with Crippen LogP contribution in [0.4, 0.5) is 0 Å². The molecule has 2 N–H and O–H groups in total. The third-order valence-corrected chi connectivity index (χ3v) is 2.48. The molecule has 0 bridgehead atoms. The van der Waals surface area contributed by atoms with E-state index in [1.807, 2.05) is 18.2 Å². The van der Waals surface area contributed by atoms with Crippen LogP contribution in [0.3, 0.4) is 0 Å². The maximum absolute atomic E-state index is 5.48. The molecule has 0 unspecified atom stereocenters. The fourth-order valence-electron chi connectivity index (χ4n) is 1.72. The zero-order valence-electron chi connectivity index (χ0n) is 9.14. The number of hydrogen-bond acceptors (Lipinski definition) is 1. The second-order valence-electron chi connectivity index (χ2n) is 3.59. The van der Waals surface area contributed by atoms with E-state index in [-0.39, 0.29) is 0 Å². The van der Waals surface area contributed by atoms with Crippen LogP contribution < -0.4 is 5.73 Å². The molecule has 1 nitrogen and oxygen atoms in total. The molecule has 2 aromatic carbocycles. The van der Waals surface area contributed by atoms with Gasteiger partial charge in [0.15, 0.2) is 0 Å². The van der Waals surface area contributed by atoms with Crippen LogP contribution in [0.2, 0.25) is 0 Å². The molecule has 0 heterocycles. The lowest BCUT2D eigenvalue weighted by atomic mass is 9.99. The predicted molar refractivity (Wildman–Crippen MR) is 70.0 cm³/mol. The van der Waals surface area contributed by atoms with Gasteiger partial charge in [0, 0.05) is 6.54 Å². The smallest absolute Gasteiger partial charge is 0.0110 e. The van der Waals surface area contributed by atoms with Crippen molar-refractivity contribution in [3.05, 3.63) is 66.2 Å². The summed E-state index contributed by atoms with van der Waals surface area (Å²) >= 11 is 0. The van der Waals surface area contributed by atoms with Gasteiger partial charge < -0.3 is 5.73 Å². The van der Waals surface area contributed by atoms with Crippen molar-refractivity contribution in [2.75, 3.05) is 6.54 Å². The summed E-state index contributed by atoms with van der Waals surface area (Å²) < 4.78 is 0. The Bertz CT molecular complexity index is 472. The average Bonchev–Trinajstić information content (AvgIpc) is 2.38. The minimum absolute atomic E-state index is 0.573. The molecule has 0 amide bonds. The largest absolute Gasteiger partial charge is 0.327 e. The zero-order chi connectivity index (χ0) is 11.2. The van der Waals surface area contributed by atoms with Crippen LogP contribution >= 0.6 is 0 Å². The highest BCUT2D eigenvalue weighted by Crippen LogP contribution is 2.24. The highest BCUT2D eigenvalue weighted by atomic mass is 14.5. The first kappa shape index (κ1) is 10.7. The van der Waals surface area contributed by atoms with Gasteiger partial charge in [0.25, 0.3) is 0 Å². The first-order valence-electron chi connectivity index (χ1n) is 5.43. The number of hydrogen-bond donors (Lipinski definition) is 1. The summed E-state index contributed by atoms with van der Waals surface area (Å²) in [5.74, 6) is 0. The molecular formula is C15H15N. The van der Waals surface area contributed by atoms with E-state index in [0.29, 0.717) is 6.54 Å². The molecule has 80 valence electrons. The summed E-state index contributed by atoms with van der Waals surface area (Å²) in [4.78, 5) is 0. The quantitative estimate of drug-likeness (QED) is 0.824. The van der Waals surface area contributed by atoms with Crippen molar-refractivity contribution in [1.82, 2.24) is 0 Å². The van der Waals surface area contributed by atoms with E-state index in [2.05, 4.69) is 48.5 Å². The van der Waals surface area contributed by atoms with Crippen molar-refractivity contribution in [3.63, 3.8) is 0 Å². The minimum atomic E-state index is 0.573. The molecule has 0 radical (unpaired) electrons. The van der Waals surface area contributed by atoms with Crippen LogP contribution in [0, 0.1) is 0 Å². The van der Waals surface area contributed by atoms with Crippen molar-refractivity contribution in [2.24, 2.45) is 5.73 Å². The fraction of sp³-hybridized carbons (Fsp3) is 0.0667. The first-order chi connectivity index (χ1) is 7.92. The Kier molecular flexibility index (Phi) is 3.52. The Morgan fingerprint density at radius 3 is 2.31 bits per heavy atom. The summed E-state index contributed by atoms with van der Waals surface area (Å²) in [6.45, 7) is 0.573.